The van der Waals surface area contributed by atoms with Crippen molar-refractivity contribution < 1.29 is 0 Å². The van der Waals surface area contributed by atoms with Gasteiger partial charge in [0.05, 0.1) is 0 Å². The van der Waals surface area contributed by atoms with Crippen molar-refractivity contribution in [2.45, 2.75) is 0 Å². The van der Waals surface area contributed by atoms with E-state index in [1.54, 1.807) is 0 Å². The van der Waals surface area contributed by atoms with Gasteiger partial charge in [0.25, 0.3) is 0 Å². The number of para-hydroxylation sites is 2. The van der Waals surface area contributed by atoms with Gasteiger partial charge in [-0.1, -0.05) is 152 Å². The fourth-order valence-electron chi connectivity index (χ4n) is 5.90. The van der Waals surface area contributed by atoms with Crippen LogP contribution in [0.2, 0.25) is 0 Å². The molecule has 0 aliphatic carbocycles. The fraction of sp³-hybridized carbons (Fsp3) is 0. The highest BCUT2D eigenvalue weighted by molar-refractivity contribution is 5.96. The predicted octanol–water partition coefficient (Wildman–Crippen LogP) is 11.8. The van der Waals surface area contributed by atoms with E-state index >= 15 is 0 Å². The van der Waals surface area contributed by atoms with Crippen LogP contribution in [-0.2, 0) is 0 Å². The van der Waals surface area contributed by atoms with Gasteiger partial charge >= 0.3 is 0 Å². The first-order chi connectivity index (χ1) is 21.4. The number of nitrogens with zero attached hydrogens (tertiary/aromatic N) is 1. The molecule has 0 unspecified atom stereocenters. The lowest BCUT2D eigenvalue weighted by atomic mass is 9.87. The number of hydrogen-bond acceptors (Lipinski definition) is 1. The SMILES string of the molecule is c1ccc(-c2ccccc2-c2ccccc2-c2ccccc2-c2ccc(N(c3ccccc3)c3ccccc3)cc2)cc1. The summed E-state index contributed by atoms with van der Waals surface area (Å²) in [6, 6.07) is 66.9. The number of hydrogen-bond donors (Lipinski definition) is 0. The van der Waals surface area contributed by atoms with Crippen molar-refractivity contribution in [1.29, 1.82) is 0 Å². The molecule has 7 aromatic rings. The summed E-state index contributed by atoms with van der Waals surface area (Å²) in [5.41, 5.74) is 13.1. The Morgan fingerprint density at radius 2 is 0.488 bits per heavy atom. The van der Waals surface area contributed by atoms with Gasteiger partial charge in [0.15, 0.2) is 0 Å². The third kappa shape index (κ3) is 5.37. The summed E-state index contributed by atoms with van der Waals surface area (Å²) >= 11 is 0. The van der Waals surface area contributed by atoms with Gasteiger partial charge in [0.1, 0.15) is 0 Å². The van der Waals surface area contributed by atoms with Crippen LogP contribution in [0.25, 0.3) is 44.5 Å². The van der Waals surface area contributed by atoms with Crippen LogP contribution in [0.3, 0.4) is 0 Å². The number of rotatable bonds is 7. The molecule has 0 fully saturated rings. The monoisotopic (exact) mass is 549 g/mol. The van der Waals surface area contributed by atoms with Gasteiger partial charge in [-0.15, -0.1) is 0 Å². The molecule has 0 saturated heterocycles. The van der Waals surface area contributed by atoms with E-state index in [1.165, 1.54) is 44.5 Å². The molecule has 0 aromatic heterocycles. The fourth-order valence-corrected chi connectivity index (χ4v) is 5.90. The molecule has 7 aromatic carbocycles. The van der Waals surface area contributed by atoms with Gasteiger partial charge in [-0.2, -0.15) is 0 Å². The van der Waals surface area contributed by atoms with Crippen molar-refractivity contribution in [2.75, 3.05) is 4.90 Å². The number of benzene rings is 7. The Bertz CT molecular complexity index is 1900. The van der Waals surface area contributed by atoms with Crippen molar-refractivity contribution in [3.8, 4) is 44.5 Å². The van der Waals surface area contributed by atoms with Gasteiger partial charge in [-0.05, 0) is 80.9 Å². The highest BCUT2D eigenvalue weighted by Gasteiger charge is 2.16. The second-order valence-electron chi connectivity index (χ2n) is 10.6. The molecule has 0 aliphatic rings. The summed E-state index contributed by atoms with van der Waals surface area (Å²) < 4.78 is 0. The van der Waals surface area contributed by atoms with Crippen molar-refractivity contribution in [1.82, 2.24) is 0 Å². The normalized spacial score (nSPS) is 10.8. The van der Waals surface area contributed by atoms with E-state index in [0.717, 1.165) is 17.1 Å². The Labute approximate surface area is 254 Å². The van der Waals surface area contributed by atoms with Gasteiger partial charge in [0.2, 0.25) is 0 Å². The molecule has 0 spiro atoms. The van der Waals surface area contributed by atoms with Crippen molar-refractivity contribution in [3.63, 3.8) is 0 Å². The molecule has 0 aliphatic heterocycles. The van der Waals surface area contributed by atoms with Crippen LogP contribution in [0.5, 0.6) is 0 Å². The van der Waals surface area contributed by atoms with Crippen molar-refractivity contribution in [2.24, 2.45) is 0 Å². The molecule has 43 heavy (non-hydrogen) atoms. The minimum Gasteiger partial charge on any atom is -0.311 e. The maximum atomic E-state index is 2.30. The van der Waals surface area contributed by atoms with E-state index in [0.29, 0.717) is 0 Å². The number of anilines is 3. The molecule has 204 valence electrons. The zero-order chi connectivity index (χ0) is 28.8. The quantitative estimate of drug-likeness (QED) is 0.191. The summed E-state index contributed by atoms with van der Waals surface area (Å²) in [5, 5.41) is 0. The Kier molecular flexibility index (Phi) is 7.36. The van der Waals surface area contributed by atoms with Crippen molar-refractivity contribution in [3.05, 3.63) is 188 Å². The van der Waals surface area contributed by atoms with E-state index < -0.39 is 0 Å². The highest BCUT2D eigenvalue weighted by Crippen LogP contribution is 2.42. The minimum atomic E-state index is 1.12. The Morgan fingerprint density at radius 3 is 0.907 bits per heavy atom. The van der Waals surface area contributed by atoms with Crippen LogP contribution < -0.4 is 4.90 Å². The molecule has 0 N–H and O–H groups in total. The summed E-state index contributed by atoms with van der Waals surface area (Å²) in [6.45, 7) is 0. The average Bonchev–Trinajstić information content (AvgIpc) is 3.10. The first-order valence-electron chi connectivity index (χ1n) is 14.7. The lowest BCUT2D eigenvalue weighted by molar-refractivity contribution is 1.28. The summed E-state index contributed by atoms with van der Waals surface area (Å²) in [4.78, 5) is 2.30. The highest BCUT2D eigenvalue weighted by atomic mass is 15.1. The van der Waals surface area contributed by atoms with E-state index in [2.05, 4.69) is 193 Å². The lowest BCUT2D eigenvalue weighted by Crippen LogP contribution is -2.09. The first-order valence-corrected chi connectivity index (χ1v) is 14.7. The Balaban J connectivity index is 1.31. The summed E-state index contributed by atoms with van der Waals surface area (Å²) in [7, 11) is 0. The van der Waals surface area contributed by atoms with Gasteiger partial charge < -0.3 is 4.90 Å². The summed E-state index contributed by atoms with van der Waals surface area (Å²) in [6.07, 6.45) is 0. The van der Waals surface area contributed by atoms with Crippen LogP contribution >= 0.6 is 0 Å². The second kappa shape index (κ2) is 12.1. The third-order valence-electron chi connectivity index (χ3n) is 7.91. The molecular weight excluding hydrogens is 518 g/mol. The van der Waals surface area contributed by atoms with Crippen LogP contribution in [0.15, 0.2) is 188 Å². The maximum Gasteiger partial charge on any atom is 0.0462 e. The van der Waals surface area contributed by atoms with Crippen LogP contribution in [0.4, 0.5) is 17.1 Å². The molecule has 0 radical (unpaired) electrons. The molecule has 0 bridgehead atoms. The molecule has 0 saturated carbocycles. The van der Waals surface area contributed by atoms with Gasteiger partial charge in [0, 0.05) is 17.1 Å². The van der Waals surface area contributed by atoms with Crippen LogP contribution in [-0.4, -0.2) is 0 Å². The van der Waals surface area contributed by atoms with Gasteiger partial charge in [-0.25, -0.2) is 0 Å². The lowest BCUT2D eigenvalue weighted by Gasteiger charge is -2.25. The van der Waals surface area contributed by atoms with E-state index in [-0.39, 0.29) is 0 Å². The smallest absolute Gasteiger partial charge is 0.0462 e. The molecule has 0 atom stereocenters. The van der Waals surface area contributed by atoms with Crippen LogP contribution in [0, 0.1) is 0 Å². The van der Waals surface area contributed by atoms with E-state index in [9.17, 15) is 0 Å². The zero-order valence-electron chi connectivity index (χ0n) is 23.8. The molecule has 0 amide bonds. The topological polar surface area (TPSA) is 3.24 Å². The summed E-state index contributed by atoms with van der Waals surface area (Å²) in [5.74, 6) is 0. The molecule has 1 nitrogen and oxygen atoms in total. The third-order valence-corrected chi connectivity index (χ3v) is 7.91. The molecule has 7 rings (SSSR count). The Morgan fingerprint density at radius 1 is 0.209 bits per heavy atom. The molecule has 0 heterocycles. The Hall–Kier alpha value is -5.66. The first kappa shape index (κ1) is 26.3. The second-order valence-corrected chi connectivity index (χ2v) is 10.6. The predicted molar refractivity (Wildman–Crippen MR) is 183 cm³/mol. The largest absolute Gasteiger partial charge is 0.311 e. The standard InChI is InChI=1S/C42H31N/c1-4-16-32(17-5-1)37-22-10-12-24-39(37)41-26-14-15-27-42(41)40-25-13-11-23-38(40)33-28-30-36(31-29-33)43(34-18-6-2-7-19-34)35-20-8-3-9-21-35/h1-31H. The average molecular weight is 550 g/mol. The maximum absolute atomic E-state index is 2.30. The minimum absolute atomic E-state index is 1.12. The zero-order valence-corrected chi connectivity index (χ0v) is 23.8. The molecule has 1 heteroatoms. The van der Waals surface area contributed by atoms with E-state index in [1.807, 2.05) is 0 Å². The van der Waals surface area contributed by atoms with Gasteiger partial charge in [-0.3, -0.25) is 0 Å². The molecular formula is C42H31N. The van der Waals surface area contributed by atoms with Crippen molar-refractivity contribution >= 4 is 17.1 Å². The van der Waals surface area contributed by atoms with E-state index in [4.69, 9.17) is 0 Å². The van der Waals surface area contributed by atoms with Crippen LogP contribution in [0.1, 0.15) is 0 Å².